The van der Waals surface area contributed by atoms with Gasteiger partial charge in [0.05, 0.1) is 25.9 Å². The maximum absolute atomic E-state index is 6.64. The number of rotatable bonds is 18. The Kier molecular flexibility index (Phi) is 14.3. The SMILES string of the molecule is CCCCCCCCCC1(CCCCCCCCC)OCC(CN2CCOCC2)O1. The highest BCUT2D eigenvalue weighted by Gasteiger charge is 2.41. The fourth-order valence-corrected chi connectivity index (χ4v) is 4.87. The van der Waals surface area contributed by atoms with Gasteiger partial charge in [-0.2, -0.15) is 0 Å². The van der Waals surface area contributed by atoms with Crippen LogP contribution < -0.4 is 0 Å². The minimum Gasteiger partial charge on any atom is -0.379 e. The van der Waals surface area contributed by atoms with Crippen molar-refractivity contribution in [2.75, 3.05) is 39.5 Å². The van der Waals surface area contributed by atoms with Crippen molar-refractivity contribution in [1.29, 1.82) is 0 Å². The van der Waals surface area contributed by atoms with Crippen molar-refractivity contribution >= 4 is 0 Å². The lowest BCUT2D eigenvalue weighted by Gasteiger charge is -2.31. The Morgan fingerprint density at radius 1 is 0.700 bits per heavy atom. The predicted molar refractivity (Wildman–Crippen MR) is 126 cm³/mol. The molecule has 0 aliphatic carbocycles. The second-order valence-electron chi connectivity index (χ2n) is 9.62. The van der Waals surface area contributed by atoms with Gasteiger partial charge in [-0.3, -0.25) is 4.90 Å². The maximum atomic E-state index is 6.64. The van der Waals surface area contributed by atoms with Gasteiger partial charge < -0.3 is 14.2 Å². The Balaban J connectivity index is 1.70. The molecule has 2 aliphatic rings. The molecular weight excluding hydrogens is 374 g/mol. The van der Waals surface area contributed by atoms with E-state index in [1.807, 2.05) is 0 Å². The van der Waals surface area contributed by atoms with E-state index in [1.54, 1.807) is 0 Å². The number of morpholine rings is 1. The van der Waals surface area contributed by atoms with Gasteiger partial charge in [-0.1, -0.05) is 90.9 Å². The Morgan fingerprint density at radius 3 is 1.73 bits per heavy atom. The number of nitrogens with zero attached hydrogens (tertiary/aromatic N) is 1. The molecule has 2 fully saturated rings. The van der Waals surface area contributed by atoms with Crippen LogP contribution in [0.1, 0.15) is 117 Å². The molecule has 30 heavy (non-hydrogen) atoms. The highest BCUT2D eigenvalue weighted by Crippen LogP contribution is 2.35. The average molecular weight is 426 g/mol. The monoisotopic (exact) mass is 425 g/mol. The first-order valence-electron chi connectivity index (χ1n) is 13.4. The first-order valence-corrected chi connectivity index (χ1v) is 13.4. The summed E-state index contributed by atoms with van der Waals surface area (Å²) in [4.78, 5) is 2.48. The smallest absolute Gasteiger partial charge is 0.168 e. The molecule has 4 nitrogen and oxygen atoms in total. The van der Waals surface area contributed by atoms with Gasteiger partial charge in [-0.15, -0.1) is 0 Å². The molecule has 0 aromatic carbocycles. The van der Waals surface area contributed by atoms with Crippen molar-refractivity contribution in [1.82, 2.24) is 4.90 Å². The van der Waals surface area contributed by atoms with Crippen LogP contribution in [0, 0.1) is 0 Å². The minimum atomic E-state index is -0.302. The predicted octanol–water partition coefficient (Wildman–Crippen LogP) is 6.71. The van der Waals surface area contributed by atoms with Crippen LogP contribution in [0.2, 0.25) is 0 Å². The number of unbranched alkanes of at least 4 members (excludes halogenated alkanes) is 12. The maximum Gasteiger partial charge on any atom is 0.168 e. The third kappa shape index (κ3) is 10.9. The summed E-state index contributed by atoms with van der Waals surface area (Å²) >= 11 is 0. The van der Waals surface area contributed by atoms with Gasteiger partial charge in [-0.05, 0) is 12.8 Å². The van der Waals surface area contributed by atoms with Crippen LogP contribution in [0.4, 0.5) is 0 Å². The van der Waals surface area contributed by atoms with Crippen molar-refractivity contribution in [2.45, 2.75) is 128 Å². The molecule has 178 valence electrons. The van der Waals surface area contributed by atoms with Gasteiger partial charge in [0.15, 0.2) is 5.79 Å². The summed E-state index contributed by atoms with van der Waals surface area (Å²) in [7, 11) is 0. The van der Waals surface area contributed by atoms with Crippen LogP contribution in [0.5, 0.6) is 0 Å². The van der Waals surface area contributed by atoms with E-state index >= 15 is 0 Å². The van der Waals surface area contributed by atoms with Gasteiger partial charge in [0.1, 0.15) is 0 Å². The summed E-state index contributed by atoms with van der Waals surface area (Å²) < 4.78 is 18.5. The van der Waals surface area contributed by atoms with Gasteiger partial charge in [0, 0.05) is 32.5 Å². The summed E-state index contributed by atoms with van der Waals surface area (Å²) in [6.07, 6.45) is 21.3. The van der Waals surface area contributed by atoms with E-state index in [1.165, 1.54) is 89.9 Å². The zero-order valence-electron chi connectivity index (χ0n) is 20.3. The van der Waals surface area contributed by atoms with E-state index in [0.29, 0.717) is 0 Å². The summed E-state index contributed by atoms with van der Waals surface area (Å²) in [5, 5.41) is 0. The quantitative estimate of drug-likeness (QED) is 0.228. The molecule has 2 rings (SSSR count). The van der Waals surface area contributed by atoms with E-state index in [4.69, 9.17) is 14.2 Å². The third-order valence-electron chi connectivity index (χ3n) is 6.80. The van der Waals surface area contributed by atoms with E-state index < -0.39 is 0 Å². The molecule has 1 unspecified atom stereocenters. The van der Waals surface area contributed by atoms with Gasteiger partial charge in [-0.25, -0.2) is 0 Å². The fraction of sp³-hybridized carbons (Fsp3) is 1.00. The normalized spacial score (nSPS) is 22.0. The third-order valence-corrected chi connectivity index (χ3v) is 6.80. The van der Waals surface area contributed by atoms with E-state index in [2.05, 4.69) is 18.7 Å². The minimum absolute atomic E-state index is 0.234. The zero-order chi connectivity index (χ0) is 21.3. The molecule has 0 radical (unpaired) electrons. The van der Waals surface area contributed by atoms with Crippen LogP contribution in [0.3, 0.4) is 0 Å². The Hall–Kier alpha value is -0.160. The van der Waals surface area contributed by atoms with Crippen LogP contribution >= 0.6 is 0 Å². The average Bonchev–Trinajstić information content (AvgIpc) is 3.16. The Morgan fingerprint density at radius 2 is 1.20 bits per heavy atom. The molecule has 4 heteroatoms. The van der Waals surface area contributed by atoms with Crippen LogP contribution in [0.25, 0.3) is 0 Å². The summed E-state index contributed by atoms with van der Waals surface area (Å²) in [5.74, 6) is -0.302. The van der Waals surface area contributed by atoms with Gasteiger partial charge >= 0.3 is 0 Å². The van der Waals surface area contributed by atoms with E-state index in [-0.39, 0.29) is 11.9 Å². The van der Waals surface area contributed by atoms with Gasteiger partial charge in [0.2, 0.25) is 0 Å². The first kappa shape index (κ1) is 26.1. The van der Waals surface area contributed by atoms with Crippen LogP contribution in [-0.4, -0.2) is 56.2 Å². The van der Waals surface area contributed by atoms with Gasteiger partial charge in [0.25, 0.3) is 0 Å². The van der Waals surface area contributed by atoms with Crippen molar-refractivity contribution in [3.63, 3.8) is 0 Å². The molecule has 0 N–H and O–H groups in total. The van der Waals surface area contributed by atoms with Crippen molar-refractivity contribution in [3.05, 3.63) is 0 Å². The molecule has 1 atom stereocenters. The second-order valence-corrected chi connectivity index (χ2v) is 9.62. The largest absolute Gasteiger partial charge is 0.379 e. The fourth-order valence-electron chi connectivity index (χ4n) is 4.87. The molecule has 0 aromatic rings. The van der Waals surface area contributed by atoms with Crippen molar-refractivity contribution in [2.24, 2.45) is 0 Å². The number of hydrogen-bond acceptors (Lipinski definition) is 4. The first-order chi connectivity index (χ1) is 14.8. The molecule has 2 aliphatic heterocycles. The Bertz CT molecular complexity index is 380. The molecule has 0 aromatic heterocycles. The standard InChI is InChI=1S/C26H51NO3/c1-3-5-7-9-11-13-15-17-26(18-16-14-12-10-8-6-4-2)29-24-25(30-26)23-27-19-21-28-22-20-27/h25H,3-24H2,1-2H3. The molecular formula is C26H51NO3. The highest BCUT2D eigenvalue weighted by atomic mass is 16.7. The number of hydrogen-bond donors (Lipinski definition) is 0. The second kappa shape index (κ2) is 16.5. The highest BCUT2D eigenvalue weighted by molar-refractivity contribution is 4.82. The number of ether oxygens (including phenoxy) is 3. The summed E-state index contributed by atoms with van der Waals surface area (Å²) in [6, 6.07) is 0. The van der Waals surface area contributed by atoms with E-state index in [0.717, 1.165) is 52.3 Å². The topological polar surface area (TPSA) is 30.9 Å². The molecule has 0 spiro atoms. The van der Waals surface area contributed by atoms with Crippen molar-refractivity contribution in [3.8, 4) is 0 Å². The molecule has 2 saturated heterocycles. The lowest BCUT2D eigenvalue weighted by Crippen LogP contribution is -2.42. The molecule has 0 amide bonds. The zero-order valence-corrected chi connectivity index (χ0v) is 20.3. The summed E-state index contributed by atoms with van der Waals surface area (Å²) in [5.41, 5.74) is 0. The molecule has 0 bridgehead atoms. The lowest BCUT2D eigenvalue weighted by atomic mass is 9.99. The Labute approximate surface area is 187 Å². The van der Waals surface area contributed by atoms with Crippen LogP contribution in [-0.2, 0) is 14.2 Å². The molecule has 2 heterocycles. The lowest BCUT2D eigenvalue weighted by molar-refractivity contribution is -0.181. The summed E-state index contributed by atoms with van der Waals surface area (Å²) in [6.45, 7) is 10.1. The van der Waals surface area contributed by atoms with E-state index in [9.17, 15) is 0 Å². The van der Waals surface area contributed by atoms with Crippen molar-refractivity contribution < 1.29 is 14.2 Å². The molecule has 0 saturated carbocycles. The van der Waals surface area contributed by atoms with Crippen LogP contribution in [0.15, 0.2) is 0 Å².